The first-order chi connectivity index (χ1) is 10.2. The molecule has 0 N–H and O–H groups in total. The summed E-state index contributed by atoms with van der Waals surface area (Å²) in [5, 5.41) is 0. The summed E-state index contributed by atoms with van der Waals surface area (Å²) in [6.07, 6.45) is 7.79. The zero-order valence-corrected chi connectivity index (χ0v) is 13.1. The Morgan fingerprint density at radius 1 is 1.24 bits per heavy atom. The molecule has 0 aliphatic rings. The molecule has 0 spiro atoms. The van der Waals surface area contributed by atoms with Gasteiger partial charge in [0.2, 0.25) is 0 Å². The molecule has 0 bridgehead atoms. The van der Waals surface area contributed by atoms with Crippen LogP contribution >= 0.6 is 0 Å². The third kappa shape index (κ3) is 2.59. The van der Waals surface area contributed by atoms with E-state index in [2.05, 4.69) is 33.1 Å². The fraction of sp³-hybridized carbons (Fsp3) is 0.222. The van der Waals surface area contributed by atoms with Crippen molar-refractivity contribution in [2.24, 2.45) is 0 Å². The van der Waals surface area contributed by atoms with Gasteiger partial charge >= 0.3 is 0 Å². The third-order valence-corrected chi connectivity index (χ3v) is 3.22. The van der Waals surface area contributed by atoms with Gasteiger partial charge in [-0.25, -0.2) is 9.97 Å². The molecule has 0 saturated carbocycles. The van der Waals surface area contributed by atoms with Gasteiger partial charge in [0.05, 0.1) is 16.7 Å². The van der Waals surface area contributed by atoms with Crippen LogP contribution in [0.4, 0.5) is 0 Å². The quantitative estimate of drug-likeness (QED) is 0.668. The molecule has 0 amide bonds. The van der Waals surface area contributed by atoms with Crippen molar-refractivity contribution in [2.45, 2.75) is 27.7 Å². The second-order valence-electron chi connectivity index (χ2n) is 4.51. The molecule has 3 heterocycles. The van der Waals surface area contributed by atoms with Gasteiger partial charge in [0.25, 0.3) is 0 Å². The number of hydrogen-bond acceptors (Lipinski definition) is 2. The van der Waals surface area contributed by atoms with Crippen LogP contribution in [0.2, 0.25) is 0 Å². The highest BCUT2D eigenvalue weighted by Crippen LogP contribution is 2.24. The summed E-state index contributed by atoms with van der Waals surface area (Å²) in [6.45, 7) is 11.9. The molecule has 3 aromatic rings. The lowest BCUT2D eigenvalue weighted by atomic mass is 10.2. The zero-order chi connectivity index (χ0) is 15.4. The van der Waals surface area contributed by atoms with Gasteiger partial charge in [-0.1, -0.05) is 32.6 Å². The highest BCUT2D eigenvalue weighted by atomic mass is 15.0. The number of pyridine rings is 1. The molecule has 0 aliphatic heterocycles. The Kier molecular flexibility index (Phi) is 4.53. The molecule has 0 fully saturated rings. The molecule has 0 aliphatic carbocycles. The molecule has 0 aromatic carbocycles. The molecule has 3 nitrogen and oxygen atoms in total. The molecule has 21 heavy (non-hydrogen) atoms. The van der Waals surface area contributed by atoms with Crippen LogP contribution in [0.3, 0.4) is 0 Å². The van der Waals surface area contributed by atoms with Crippen LogP contribution < -0.4 is 0 Å². The predicted molar refractivity (Wildman–Crippen MR) is 91.4 cm³/mol. The minimum atomic E-state index is 0.915. The Labute approximate surface area is 125 Å². The van der Waals surface area contributed by atoms with E-state index in [0.717, 1.165) is 33.5 Å². The number of aryl methyl sites for hydroxylation is 1. The topological polar surface area (TPSA) is 30.2 Å². The largest absolute Gasteiger partial charge is 0.298 e. The van der Waals surface area contributed by atoms with Crippen LogP contribution in [0.25, 0.3) is 28.7 Å². The van der Waals surface area contributed by atoms with E-state index in [9.17, 15) is 0 Å². The van der Waals surface area contributed by atoms with Crippen molar-refractivity contribution in [1.29, 1.82) is 0 Å². The number of rotatable bonds is 2. The first kappa shape index (κ1) is 15.0. The lowest BCUT2D eigenvalue weighted by Gasteiger charge is -2.03. The Bertz CT molecular complexity index is 810. The van der Waals surface area contributed by atoms with E-state index in [1.54, 1.807) is 0 Å². The van der Waals surface area contributed by atoms with Gasteiger partial charge in [0, 0.05) is 11.3 Å². The van der Waals surface area contributed by atoms with Gasteiger partial charge in [-0.3, -0.25) is 4.40 Å². The average Bonchev–Trinajstić information content (AvgIpc) is 2.88. The summed E-state index contributed by atoms with van der Waals surface area (Å²) in [5.74, 6) is 0. The van der Waals surface area contributed by atoms with E-state index >= 15 is 0 Å². The molecule has 0 radical (unpaired) electrons. The van der Waals surface area contributed by atoms with E-state index < -0.39 is 0 Å². The average molecular weight is 279 g/mol. The lowest BCUT2D eigenvalue weighted by Crippen LogP contribution is -1.94. The molecular formula is C18H21N3. The van der Waals surface area contributed by atoms with Crippen molar-refractivity contribution in [1.82, 2.24) is 14.4 Å². The maximum Gasteiger partial charge on any atom is 0.113 e. The molecule has 0 saturated heterocycles. The Balaban J connectivity index is 0.000000774. The lowest BCUT2D eigenvalue weighted by molar-refractivity contribution is 1.09. The normalized spacial score (nSPS) is 10.9. The SMILES string of the molecule is C=Cc1cc2c3nc(C)ccc3ncn2c1/C=C\C.CC. The van der Waals surface area contributed by atoms with E-state index in [-0.39, 0.29) is 0 Å². The van der Waals surface area contributed by atoms with Gasteiger partial charge in [0.15, 0.2) is 0 Å². The zero-order valence-electron chi connectivity index (χ0n) is 13.1. The minimum absolute atomic E-state index is 0.915. The Morgan fingerprint density at radius 2 is 2.00 bits per heavy atom. The van der Waals surface area contributed by atoms with Crippen LogP contribution in [0.15, 0.2) is 37.2 Å². The van der Waals surface area contributed by atoms with Crippen LogP contribution in [-0.4, -0.2) is 14.4 Å². The van der Waals surface area contributed by atoms with Crippen molar-refractivity contribution in [3.05, 3.63) is 54.1 Å². The van der Waals surface area contributed by atoms with Crippen molar-refractivity contribution in [3.8, 4) is 0 Å². The molecule has 3 heteroatoms. The summed E-state index contributed by atoms with van der Waals surface area (Å²) in [5.41, 5.74) is 6.09. The maximum absolute atomic E-state index is 4.61. The third-order valence-electron chi connectivity index (χ3n) is 3.22. The summed E-state index contributed by atoms with van der Waals surface area (Å²) in [4.78, 5) is 9.08. The van der Waals surface area contributed by atoms with Crippen LogP contribution in [0, 0.1) is 6.92 Å². The molecule has 0 unspecified atom stereocenters. The summed E-state index contributed by atoms with van der Waals surface area (Å²) < 4.78 is 2.06. The van der Waals surface area contributed by atoms with Gasteiger partial charge in [-0.2, -0.15) is 0 Å². The number of hydrogen-bond donors (Lipinski definition) is 0. The number of fused-ring (bicyclic) bond motifs is 3. The smallest absolute Gasteiger partial charge is 0.113 e. The van der Waals surface area contributed by atoms with Crippen molar-refractivity contribution >= 4 is 28.7 Å². The first-order valence-electron chi connectivity index (χ1n) is 7.27. The van der Waals surface area contributed by atoms with E-state index in [1.165, 1.54) is 0 Å². The fourth-order valence-electron chi connectivity index (χ4n) is 2.33. The molecular weight excluding hydrogens is 258 g/mol. The fourth-order valence-corrected chi connectivity index (χ4v) is 2.33. The van der Waals surface area contributed by atoms with Crippen molar-refractivity contribution in [2.75, 3.05) is 0 Å². The summed E-state index contributed by atoms with van der Waals surface area (Å²) >= 11 is 0. The summed E-state index contributed by atoms with van der Waals surface area (Å²) in [7, 11) is 0. The highest BCUT2D eigenvalue weighted by Gasteiger charge is 2.10. The van der Waals surface area contributed by atoms with Gasteiger partial charge in [0.1, 0.15) is 11.8 Å². The molecule has 3 rings (SSSR count). The second-order valence-corrected chi connectivity index (χ2v) is 4.51. The van der Waals surface area contributed by atoms with E-state index in [0.29, 0.717) is 0 Å². The standard InChI is InChI=1S/C16H15N3.C2H6/c1-4-6-14-12(5-2)9-15-16-13(17-10-19(14)15)8-7-11(3)18-16;1-2/h4-10H,2H2,1,3H3;1-2H3/b6-4-;. The minimum Gasteiger partial charge on any atom is -0.298 e. The van der Waals surface area contributed by atoms with Gasteiger partial charge in [-0.15, -0.1) is 0 Å². The molecule has 3 aromatic heterocycles. The number of nitrogens with zero attached hydrogens (tertiary/aromatic N) is 3. The number of aromatic nitrogens is 3. The predicted octanol–water partition coefficient (Wildman–Crippen LogP) is 4.89. The number of allylic oxidation sites excluding steroid dienone is 1. The summed E-state index contributed by atoms with van der Waals surface area (Å²) in [6, 6.07) is 6.10. The highest BCUT2D eigenvalue weighted by molar-refractivity contribution is 5.92. The molecule has 0 atom stereocenters. The van der Waals surface area contributed by atoms with Crippen molar-refractivity contribution < 1.29 is 0 Å². The second kappa shape index (κ2) is 6.35. The van der Waals surface area contributed by atoms with E-state index in [1.807, 2.05) is 58.3 Å². The maximum atomic E-state index is 4.61. The monoisotopic (exact) mass is 279 g/mol. The molecule has 108 valence electrons. The van der Waals surface area contributed by atoms with Crippen LogP contribution in [0.1, 0.15) is 37.7 Å². The Morgan fingerprint density at radius 3 is 2.67 bits per heavy atom. The van der Waals surface area contributed by atoms with Crippen LogP contribution in [0.5, 0.6) is 0 Å². The van der Waals surface area contributed by atoms with Gasteiger partial charge in [-0.05, 0) is 38.1 Å². The van der Waals surface area contributed by atoms with Crippen molar-refractivity contribution in [3.63, 3.8) is 0 Å². The van der Waals surface area contributed by atoms with Gasteiger partial charge < -0.3 is 0 Å². The van der Waals surface area contributed by atoms with E-state index in [4.69, 9.17) is 0 Å². The van der Waals surface area contributed by atoms with Crippen LogP contribution in [-0.2, 0) is 0 Å². The first-order valence-corrected chi connectivity index (χ1v) is 7.27. The Hall–Kier alpha value is -2.42.